The highest BCUT2D eigenvalue weighted by Gasteiger charge is 2.26. The van der Waals surface area contributed by atoms with Gasteiger partial charge < -0.3 is 9.13 Å². The third-order valence-corrected chi connectivity index (χ3v) is 10.7. The molecular formula is C49H27F4N3. The van der Waals surface area contributed by atoms with Crippen molar-refractivity contribution in [3.63, 3.8) is 0 Å². The topological polar surface area (TPSA) is 33.6 Å². The lowest BCUT2D eigenvalue weighted by atomic mass is 9.98. The molecule has 10 rings (SSSR count). The monoisotopic (exact) mass is 733 g/mol. The molecule has 8 aromatic carbocycles. The van der Waals surface area contributed by atoms with Gasteiger partial charge in [0.25, 0.3) is 0 Å². The van der Waals surface area contributed by atoms with Crippen LogP contribution in [0.5, 0.6) is 0 Å². The van der Waals surface area contributed by atoms with Gasteiger partial charge in [-0.15, -0.1) is 0 Å². The van der Waals surface area contributed by atoms with Gasteiger partial charge in [-0.2, -0.15) is 5.26 Å². The van der Waals surface area contributed by atoms with Gasteiger partial charge in [-0.25, -0.2) is 17.6 Å². The molecule has 10 aromatic rings. The lowest BCUT2D eigenvalue weighted by molar-refractivity contribution is 0.411. The van der Waals surface area contributed by atoms with Crippen LogP contribution in [0.4, 0.5) is 17.6 Å². The standard InChI is InChI=1S/C49H27F4N3/c50-40-27-38(47(51)49(53)48(40)52)33-25-45(55-41-17-9-7-15-34(41)36-21-19-31(23-43(36)55)29-11-3-1-4-12-29)39(28-54)46(26-33)56-42-18-10-8-16-35(42)37-22-20-32(24-44(37)56)30-13-5-2-6-14-30/h1-27H. The molecule has 0 N–H and O–H groups in total. The largest absolute Gasteiger partial charge is 0.308 e. The summed E-state index contributed by atoms with van der Waals surface area (Å²) in [6, 6.07) is 53.8. The first-order chi connectivity index (χ1) is 27.4. The van der Waals surface area contributed by atoms with E-state index in [2.05, 4.69) is 6.07 Å². The van der Waals surface area contributed by atoms with E-state index in [0.717, 1.165) is 65.9 Å². The molecule has 0 saturated carbocycles. The molecule has 56 heavy (non-hydrogen) atoms. The Morgan fingerprint density at radius 1 is 0.375 bits per heavy atom. The molecule has 0 aliphatic rings. The van der Waals surface area contributed by atoms with Gasteiger partial charge in [-0.3, -0.25) is 0 Å². The second-order valence-electron chi connectivity index (χ2n) is 13.8. The molecule has 0 atom stereocenters. The molecule has 0 aliphatic carbocycles. The number of hydrogen-bond acceptors (Lipinski definition) is 1. The Morgan fingerprint density at radius 3 is 1.30 bits per heavy atom. The number of hydrogen-bond donors (Lipinski definition) is 0. The van der Waals surface area contributed by atoms with Crippen molar-refractivity contribution < 1.29 is 17.6 Å². The molecule has 3 nitrogen and oxygen atoms in total. The van der Waals surface area contributed by atoms with Gasteiger partial charge in [0.2, 0.25) is 0 Å². The highest BCUT2D eigenvalue weighted by Crippen LogP contribution is 2.42. The van der Waals surface area contributed by atoms with Crippen LogP contribution in [-0.4, -0.2) is 9.13 Å². The first-order valence-electron chi connectivity index (χ1n) is 18.0. The van der Waals surface area contributed by atoms with Gasteiger partial charge in [0.05, 0.1) is 33.4 Å². The second-order valence-corrected chi connectivity index (χ2v) is 13.8. The highest BCUT2D eigenvalue weighted by atomic mass is 19.2. The molecule has 0 bridgehead atoms. The molecule has 2 aromatic heterocycles. The molecule has 7 heteroatoms. The molecule has 266 valence electrons. The van der Waals surface area contributed by atoms with Crippen LogP contribution in [-0.2, 0) is 0 Å². The zero-order chi connectivity index (χ0) is 38.1. The van der Waals surface area contributed by atoms with Crippen LogP contribution in [0.15, 0.2) is 164 Å². The molecule has 0 fully saturated rings. The predicted octanol–water partition coefficient (Wildman–Crippen LogP) is 13.3. The summed E-state index contributed by atoms with van der Waals surface area (Å²) in [6.07, 6.45) is 0. The normalized spacial score (nSPS) is 11.6. The molecule has 0 saturated heterocycles. The first-order valence-corrected chi connectivity index (χ1v) is 18.0. The van der Waals surface area contributed by atoms with E-state index in [9.17, 15) is 14.0 Å². The smallest absolute Gasteiger partial charge is 0.198 e. The lowest BCUT2D eigenvalue weighted by Gasteiger charge is -2.19. The summed E-state index contributed by atoms with van der Waals surface area (Å²) in [5, 5.41) is 14.9. The van der Waals surface area contributed by atoms with Gasteiger partial charge in [0, 0.05) is 27.1 Å². The molecular weight excluding hydrogens is 707 g/mol. The van der Waals surface area contributed by atoms with Crippen LogP contribution in [0.25, 0.3) is 88.4 Å². The predicted molar refractivity (Wildman–Crippen MR) is 216 cm³/mol. The average Bonchev–Trinajstić information content (AvgIpc) is 3.76. The summed E-state index contributed by atoms with van der Waals surface area (Å²) in [6.45, 7) is 0. The van der Waals surface area contributed by atoms with Crippen LogP contribution in [0.1, 0.15) is 5.56 Å². The SMILES string of the molecule is N#Cc1c(-n2c3ccccc3c3ccc(-c4ccccc4)cc32)cc(-c2cc(F)c(F)c(F)c2F)cc1-n1c2ccccc2c2ccc(-c3ccccc3)cc21. The van der Waals surface area contributed by atoms with Gasteiger partial charge in [0.15, 0.2) is 23.3 Å². The van der Waals surface area contributed by atoms with E-state index in [1.807, 2.05) is 155 Å². The fourth-order valence-electron chi connectivity index (χ4n) is 8.10. The number of rotatable bonds is 5. The van der Waals surface area contributed by atoms with Crippen molar-refractivity contribution in [1.82, 2.24) is 9.13 Å². The summed E-state index contributed by atoms with van der Waals surface area (Å²) in [7, 11) is 0. The van der Waals surface area contributed by atoms with E-state index in [-0.39, 0.29) is 11.1 Å². The summed E-state index contributed by atoms with van der Waals surface area (Å²) < 4.78 is 64.2. The minimum atomic E-state index is -1.92. The number of nitriles is 1. The van der Waals surface area contributed by atoms with Crippen molar-refractivity contribution in [3.05, 3.63) is 193 Å². The van der Waals surface area contributed by atoms with Crippen molar-refractivity contribution in [2.75, 3.05) is 0 Å². The van der Waals surface area contributed by atoms with Crippen LogP contribution >= 0.6 is 0 Å². The molecule has 0 aliphatic heterocycles. The quantitative estimate of drug-likeness (QED) is 0.0985. The van der Waals surface area contributed by atoms with Gasteiger partial charge in [0.1, 0.15) is 11.6 Å². The number of para-hydroxylation sites is 2. The zero-order valence-corrected chi connectivity index (χ0v) is 29.4. The minimum Gasteiger partial charge on any atom is -0.308 e. The van der Waals surface area contributed by atoms with E-state index in [0.29, 0.717) is 17.4 Å². The Labute approximate surface area is 318 Å². The third kappa shape index (κ3) is 5.04. The van der Waals surface area contributed by atoms with Crippen molar-refractivity contribution in [2.45, 2.75) is 0 Å². The number of fused-ring (bicyclic) bond motifs is 6. The Morgan fingerprint density at radius 2 is 0.821 bits per heavy atom. The van der Waals surface area contributed by atoms with E-state index in [4.69, 9.17) is 0 Å². The zero-order valence-electron chi connectivity index (χ0n) is 29.4. The summed E-state index contributed by atoms with van der Waals surface area (Å²) >= 11 is 0. The Hall–Kier alpha value is -7.43. The van der Waals surface area contributed by atoms with Crippen LogP contribution in [0.3, 0.4) is 0 Å². The number of halogens is 4. The van der Waals surface area contributed by atoms with Gasteiger partial charge >= 0.3 is 0 Å². The summed E-state index contributed by atoms with van der Waals surface area (Å²) in [4.78, 5) is 0. The maximum absolute atomic E-state index is 15.9. The fourth-order valence-corrected chi connectivity index (χ4v) is 8.10. The second kappa shape index (κ2) is 12.9. The summed E-state index contributed by atoms with van der Waals surface area (Å²) in [5.41, 5.74) is 7.40. The molecule has 0 unspecified atom stereocenters. The van der Waals surface area contributed by atoms with Crippen molar-refractivity contribution in [2.24, 2.45) is 0 Å². The van der Waals surface area contributed by atoms with Gasteiger partial charge in [-0.1, -0.05) is 121 Å². The highest BCUT2D eigenvalue weighted by molar-refractivity contribution is 6.12. The maximum Gasteiger partial charge on any atom is 0.198 e. The van der Waals surface area contributed by atoms with Crippen molar-refractivity contribution in [3.8, 4) is 50.8 Å². The average molecular weight is 734 g/mol. The first kappa shape index (κ1) is 33.2. The minimum absolute atomic E-state index is 0.0552. The lowest BCUT2D eigenvalue weighted by Crippen LogP contribution is -2.06. The molecule has 0 amide bonds. The Kier molecular flexibility index (Phi) is 7.62. The van der Waals surface area contributed by atoms with Crippen molar-refractivity contribution >= 4 is 43.6 Å². The molecule has 2 heterocycles. The van der Waals surface area contributed by atoms with Crippen molar-refractivity contribution in [1.29, 1.82) is 5.26 Å². The van der Waals surface area contributed by atoms with E-state index < -0.39 is 28.8 Å². The number of nitrogens with zero attached hydrogens (tertiary/aromatic N) is 3. The van der Waals surface area contributed by atoms with E-state index in [1.165, 1.54) is 0 Å². The Balaban J connectivity index is 1.37. The van der Waals surface area contributed by atoms with Crippen LogP contribution in [0, 0.1) is 34.6 Å². The molecule has 0 radical (unpaired) electrons. The third-order valence-electron chi connectivity index (χ3n) is 10.7. The molecule has 0 spiro atoms. The Bertz CT molecular complexity index is 3070. The fraction of sp³-hybridized carbons (Fsp3) is 0. The van der Waals surface area contributed by atoms with E-state index >= 15 is 8.78 Å². The van der Waals surface area contributed by atoms with E-state index in [1.54, 1.807) is 12.1 Å². The number of aromatic nitrogens is 2. The maximum atomic E-state index is 15.9. The number of benzene rings is 8. The van der Waals surface area contributed by atoms with Gasteiger partial charge in [-0.05, 0) is 70.3 Å². The van der Waals surface area contributed by atoms with Crippen LogP contribution < -0.4 is 0 Å². The summed E-state index contributed by atoms with van der Waals surface area (Å²) in [5.74, 6) is -6.87. The van der Waals surface area contributed by atoms with Crippen LogP contribution in [0.2, 0.25) is 0 Å².